The lowest BCUT2D eigenvalue weighted by atomic mass is 10.2. The lowest BCUT2D eigenvalue weighted by Crippen LogP contribution is -2.19. The Morgan fingerprint density at radius 1 is 1.53 bits per heavy atom. The van der Waals surface area contributed by atoms with Crippen LogP contribution in [0.2, 0.25) is 5.02 Å². The number of aromatic nitrogens is 1. The first-order valence-corrected chi connectivity index (χ1v) is 6.62. The van der Waals surface area contributed by atoms with E-state index >= 15 is 0 Å². The fourth-order valence-electron chi connectivity index (χ4n) is 1.41. The summed E-state index contributed by atoms with van der Waals surface area (Å²) in [6.07, 6.45) is 0. The number of anilines is 1. The zero-order valence-electron chi connectivity index (χ0n) is 9.25. The van der Waals surface area contributed by atoms with Gasteiger partial charge in [0.2, 0.25) is 5.91 Å². The summed E-state index contributed by atoms with van der Waals surface area (Å²) in [6.45, 7) is 3.55. The second kappa shape index (κ2) is 4.80. The van der Waals surface area contributed by atoms with Crippen molar-refractivity contribution in [2.24, 2.45) is 0 Å². The monoisotopic (exact) mass is 288 g/mol. The van der Waals surface area contributed by atoms with Crippen molar-refractivity contribution >= 4 is 55.8 Å². The maximum Gasteiger partial charge on any atom is 0.243 e. The first-order chi connectivity index (χ1) is 7.97. The molecular formula is C11H10Cl2N2OS. The summed E-state index contributed by atoms with van der Waals surface area (Å²) in [5, 5.41) is 3.31. The van der Waals surface area contributed by atoms with Crippen LogP contribution in [0.3, 0.4) is 0 Å². The number of benzene rings is 1. The molecular weight excluding hydrogens is 279 g/mol. The highest BCUT2D eigenvalue weighted by Crippen LogP contribution is 2.31. The molecule has 0 spiro atoms. The summed E-state index contributed by atoms with van der Waals surface area (Å²) in [6, 6.07) is 3.68. The molecule has 0 bridgehead atoms. The van der Waals surface area contributed by atoms with Crippen molar-refractivity contribution < 1.29 is 4.79 Å². The predicted molar refractivity (Wildman–Crippen MR) is 73.3 cm³/mol. The summed E-state index contributed by atoms with van der Waals surface area (Å²) in [4.78, 5) is 15.8. The van der Waals surface area contributed by atoms with Crippen LogP contribution in [0.5, 0.6) is 0 Å². The minimum atomic E-state index is -0.577. The number of hydrogen-bond donors (Lipinski definition) is 1. The third-order valence-electron chi connectivity index (χ3n) is 2.24. The Hall–Kier alpha value is -0.840. The number of thiazole rings is 1. The molecule has 1 amide bonds. The molecule has 1 heterocycles. The zero-order valence-corrected chi connectivity index (χ0v) is 11.6. The molecule has 17 heavy (non-hydrogen) atoms. The number of nitrogens with one attached hydrogen (secondary N) is 1. The number of carbonyl (C=O) groups is 1. The average molecular weight is 289 g/mol. The van der Waals surface area contributed by atoms with Crippen LogP contribution in [0.15, 0.2) is 12.1 Å². The second-order valence-electron chi connectivity index (χ2n) is 3.69. The maximum absolute atomic E-state index is 11.4. The molecule has 0 aliphatic rings. The SMILES string of the molecule is Cc1cc(Cl)cc2sc(NC(=O)[C@H](C)Cl)nc12. The molecule has 1 aromatic carbocycles. The first kappa shape index (κ1) is 12.6. The normalized spacial score (nSPS) is 12.7. The number of hydrogen-bond acceptors (Lipinski definition) is 3. The summed E-state index contributed by atoms with van der Waals surface area (Å²) in [7, 11) is 0. The van der Waals surface area contributed by atoms with Gasteiger partial charge in [-0.05, 0) is 31.5 Å². The van der Waals surface area contributed by atoms with E-state index < -0.39 is 5.38 Å². The van der Waals surface area contributed by atoms with Crippen molar-refractivity contribution in [1.29, 1.82) is 0 Å². The molecule has 1 N–H and O–H groups in total. The van der Waals surface area contributed by atoms with Gasteiger partial charge >= 0.3 is 0 Å². The molecule has 1 aromatic heterocycles. The standard InChI is InChI=1S/C11H10Cl2N2OS/c1-5-3-7(13)4-8-9(5)14-11(17-8)15-10(16)6(2)12/h3-4,6H,1-2H3,(H,14,15,16)/t6-/m0/s1. The quantitative estimate of drug-likeness (QED) is 0.854. The predicted octanol–water partition coefficient (Wildman–Crippen LogP) is 3.82. The summed E-state index contributed by atoms with van der Waals surface area (Å²) in [5.74, 6) is -0.255. The van der Waals surface area contributed by atoms with Gasteiger partial charge in [-0.1, -0.05) is 22.9 Å². The van der Waals surface area contributed by atoms with Crippen LogP contribution in [0, 0.1) is 6.92 Å². The summed E-state index contributed by atoms with van der Waals surface area (Å²) < 4.78 is 0.951. The van der Waals surface area contributed by atoms with E-state index in [-0.39, 0.29) is 5.91 Å². The third-order valence-corrected chi connectivity index (χ3v) is 3.58. The molecule has 3 nitrogen and oxygen atoms in total. The van der Waals surface area contributed by atoms with Gasteiger partial charge in [-0.25, -0.2) is 4.98 Å². The first-order valence-electron chi connectivity index (χ1n) is 4.99. The van der Waals surface area contributed by atoms with Gasteiger partial charge < -0.3 is 5.32 Å². The Bertz CT molecular complexity index is 580. The van der Waals surface area contributed by atoms with Crippen molar-refractivity contribution in [2.75, 3.05) is 5.32 Å². The maximum atomic E-state index is 11.4. The van der Waals surface area contributed by atoms with Crippen molar-refractivity contribution in [3.63, 3.8) is 0 Å². The van der Waals surface area contributed by atoms with Gasteiger partial charge in [0, 0.05) is 5.02 Å². The Labute approximate surface area is 113 Å². The number of rotatable bonds is 2. The van der Waals surface area contributed by atoms with Crippen LogP contribution < -0.4 is 5.32 Å². The Morgan fingerprint density at radius 3 is 2.88 bits per heavy atom. The van der Waals surface area contributed by atoms with Gasteiger partial charge in [0.25, 0.3) is 0 Å². The van der Waals surface area contributed by atoms with Crippen molar-refractivity contribution in [2.45, 2.75) is 19.2 Å². The number of halogens is 2. The van der Waals surface area contributed by atoms with Gasteiger partial charge in [0.1, 0.15) is 5.38 Å². The highest BCUT2D eigenvalue weighted by atomic mass is 35.5. The van der Waals surface area contributed by atoms with Gasteiger partial charge in [-0.2, -0.15) is 0 Å². The number of aryl methyl sites for hydroxylation is 1. The molecule has 0 radical (unpaired) electrons. The van der Waals surface area contributed by atoms with Gasteiger partial charge in [-0.15, -0.1) is 11.6 Å². The Morgan fingerprint density at radius 2 is 2.24 bits per heavy atom. The Kier molecular flexibility index (Phi) is 3.56. The van der Waals surface area contributed by atoms with Crippen LogP contribution in [0.4, 0.5) is 5.13 Å². The molecule has 2 rings (SSSR count). The van der Waals surface area contributed by atoms with E-state index in [2.05, 4.69) is 10.3 Å². The van der Waals surface area contributed by atoms with Crippen LogP contribution >= 0.6 is 34.5 Å². The minimum Gasteiger partial charge on any atom is -0.301 e. The number of fused-ring (bicyclic) bond motifs is 1. The van der Waals surface area contributed by atoms with Crippen LogP contribution in [-0.4, -0.2) is 16.3 Å². The van der Waals surface area contributed by atoms with Crippen molar-refractivity contribution in [1.82, 2.24) is 4.98 Å². The fraction of sp³-hybridized carbons (Fsp3) is 0.273. The number of alkyl halides is 1. The molecule has 0 unspecified atom stereocenters. The van der Waals surface area contributed by atoms with Crippen LogP contribution in [0.1, 0.15) is 12.5 Å². The van der Waals surface area contributed by atoms with E-state index in [1.54, 1.807) is 6.92 Å². The molecule has 90 valence electrons. The van der Waals surface area contributed by atoms with E-state index in [9.17, 15) is 4.79 Å². The largest absolute Gasteiger partial charge is 0.301 e. The Balaban J connectivity index is 2.38. The minimum absolute atomic E-state index is 0.255. The van der Waals surface area contributed by atoms with Crippen LogP contribution in [-0.2, 0) is 4.79 Å². The number of nitrogens with zero attached hydrogens (tertiary/aromatic N) is 1. The molecule has 1 atom stereocenters. The van der Waals surface area contributed by atoms with Crippen LogP contribution in [0.25, 0.3) is 10.2 Å². The molecule has 2 aromatic rings. The van der Waals surface area contributed by atoms with E-state index in [0.717, 1.165) is 15.8 Å². The third kappa shape index (κ3) is 2.70. The van der Waals surface area contributed by atoms with E-state index in [4.69, 9.17) is 23.2 Å². The lowest BCUT2D eigenvalue weighted by molar-refractivity contribution is -0.115. The van der Waals surface area contributed by atoms with Crippen molar-refractivity contribution in [3.05, 3.63) is 22.7 Å². The topological polar surface area (TPSA) is 42.0 Å². The van der Waals surface area contributed by atoms with E-state index in [0.29, 0.717) is 10.2 Å². The number of amides is 1. The zero-order chi connectivity index (χ0) is 12.6. The highest BCUT2D eigenvalue weighted by Gasteiger charge is 2.13. The molecule has 0 saturated heterocycles. The number of carbonyl (C=O) groups excluding carboxylic acids is 1. The van der Waals surface area contributed by atoms with Gasteiger partial charge in [0.05, 0.1) is 10.2 Å². The summed E-state index contributed by atoms with van der Waals surface area (Å²) in [5.41, 5.74) is 1.85. The smallest absolute Gasteiger partial charge is 0.243 e. The average Bonchev–Trinajstić information content (AvgIpc) is 2.60. The molecule has 0 aliphatic carbocycles. The lowest BCUT2D eigenvalue weighted by Gasteiger charge is -2.01. The summed E-state index contributed by atoms with van der Waals surface area (Å²) >= 11 is 13.0. The van der Waals surface area contributed by atoms with E-state index in [1.807, 2.05) is 19.1 Å². The molecule has 0 saturated carbocycles. The molecule has 6 heteroatoms. The molecule has 0 fully saturated rings. The van der Waals surface area contributed by atoms with Crippen molar-refractivity contribution in [3.8, 4) is 0 Å². The highest BCUT2D eigenvalue weighted by molar-refractivity contribution is 7.22. The van der Waals surface area contributed by atoms with Gasteiger partial charge in [-0.3, -0.25) is 4.79 Å². The van der Waals surface area contributed by atoms with E-state index in [1.165, 1.54) is 11.3 Å². The fourth-order valence-corrected chi connectivity index (χ4v) is 2.79. The molecule has 0 aliphatic heterocycles. The second-order valence-corrected chi connectivity index (χ2v) is 5.82. The van der Waals surface area contributed by atoms with Gasteiger partial charge in [0.15, 0.2) is 5.13 Å².